The van der Waals surface area contributed by atoms with Crippen LogP contribution in [0.4, 0.5) is 0 Å². The predicted octanol–water partition coefficient (Wildman–Crippen LogP) is 1.99. The molecule has 0 spiro atoms. The van der Waals surface area contributed by atoms with Gasteiger partial charge in [0.05, 0.1) is 17.2 Å². The fraction of sp³-hybridized carbons (Fsp3) is 0.364. The van der Waals surface area contributed by atoms with Crippen LogP contribution in [0.15, 0.2) is 24.3 Å². The molecular weight excluding hydrogens is 246 g/mol. The predicted molar refractivity (Wildman–Crippen MR) is 61.9 cm³/mol. The van der Waals surface area contributed by atoms with Crippen LogP contribution in [0.3, 0.4) is 0 Å². The van der Waals surface area contributed by atoms with Crippen molar-refractivity contribution in [1.29, 1.82) is 5.26 Å². The summed E-state index contributed by atoms with van der Waals surface area (Å²) in [5.41, 5.74) is 0.828. The first-order chi connectivity index (χ1) is 7.45. The molecule has 1 aromatic rings. The van der Waals surface area contributed by atoms with Crippen molar-refractivity contribution in [2.45, 2.75) is 11.2 Å². The Morgan fingerprint density at radius 3 is 2.56 bits per heavy atom. The average Bonchev–Trinajstić information content (AvgIpc) is 2.91. The van der Waals surface area contributed by atoms with Gasteiger partial charge < -0.3 is 0 Å². The van der Waals surface area contributed by atoms with Gasteiger partial charge in [0.15, 0.2) is 9.84 Å². The normalized spacial score (nSPS) is 28.4. The van der Waals surface area contributed by atoms with Crippen LogP contribution in [-0.4, -0.2) is 19.9 Å². The molecule has 0 aromatic heterocycles. The number of rotatable bonds is 2. The Morgan fingerprint density at radius 1 is 1.44 bits per heavy atom. The van der Waals surface area contributed by atoms with E-state index in [0.717, 1.165) is 5.56 Å². The van der Waals surface area contributed by atoms with E-state index in [-0.39, 0.29) is 5.92 Å². The molecule has 1 saturated carbocycles. The van der Waals surface area contributed by atoms with E-state index in [1.807, 2.05) is 12.1 Å². The van der Waals surface area contributed by atoms with Crippen LogP contribution in [0.5, 0.6) is 0 Å². The fourth-order valence-electron chi connectivity index (χ4n) is 2.08. The monoisotopic (exact) mass is 255 g/mol. The maximum absolute atomic E-state index is 11.4. The minimum atomic E-state index is -3.17. The van der Waals surface area contributed by atoms with Crippen LogP contribution in [-0.2, 0) is 9.84 Å². The number of hydrogen-bond donors (Lipinski definition) is 0. The van der Waals surface area contributed by atoms with E-state index < -0.39 is 21.0 Å². The maximum atomic E-state index is 11.4. The Bertz CT molecular complexity index is 562. The van der Waals surface area contributed by atoms with Gasteiger partial charge in [0.1, 0.15) is 0 Å². The fourth-order valence-corrected chi connectivity index (χ4v) is 3.81. The van der Waals surface area contributed by atoms with Crippen LogP contribution in [0, 0.1) is 17.2 Å². The van der Waals surface area contributed by atoms with Crippen molar-refractivity contribution in [2.24, 2.45) is 5.92 Å². The molecule has 84 valence electrons. The molecule has 16 heavy (non-hydrogen) atoms. The first-order valence-corrected chi connectivity index (χ1v) is 7.12. The minimum absolute atomic E-state index is 0.223. The Hall–Kier alpha value is -1.05. The molecule has 1 fully saturated rings. The number of sulfone groups is 1. The molecule has 3 nitrogen and oxygen atoms in total. The maximum Gasteiger partial charge on any atom is 0.152 e. The Kier molecular flexibility index (Phi) is 2.69. The van der Waals surface area contributed by atoms with Crippen molar-refractivity contribution in [3.63, 3.8) is 0 Å². The minimum Gasteiger partial charge on any atom is -0.229 e. The number of halogens is 1. The molecule has 0 heterocycles. The smallest absolute Gasteiger partial charge is 0.152 e. The van der Waals surface area contributed by atoms with Gasteiger partial charge in [0.2, 0.25) is 0 Å². The molecule has 0 aliphatic heterocycles. The molecule has 2 rings (SSSR count). The highest BCUT2D eigenvalue weighted by Crippen LogP contribution is 2.51. The third-order valence-electron chi connectivity index (χ3n) is 2.83. The van der Waals surface area contributed by atoms with Gasteiger partial charge in [0.25, 0.3) is 0 Å². The molecule has 0 N–H and O–H groups in total. The zero-order valence-corrected chi connectivity index (χ0v) is 10.2. The Morgan fingerprint density at radius 2 is 2.12 bits per heavy atom. The average molecular weight is 256 g/mol. The summed E-state index contributed by atoms with van der Waals surface area (Å²) < 4.78 is 22.9. The molecule has 5 heteroatoms. The van der Waals surface area contributed by atoms with E-state index in [1.54, 1.807) is 18.2 Å². The third-order valence-corrected chi connectivity index (χ3v) is 4.64. The zero-order chi connectivity index (χ0) is 11.9. The SMILES string of the molecule is CS(=O)(=O)[C@H]1[C@H](C#N)[C@@H]1c1cccc(Cl)c1. The molecule has 1 aromatic carbocycles. The molecular formula is C11H10ClNO2S. The van der Waals surface area contributed by atoms with Crippen molar-refractivity contribution >= 4 is 21.4 Å². The standard InChI is InChI=1S/C11H10ClNO2S/c1-16(14,15)11-9(6-13)10(11)7-3-2-4-8(12)5-7/h2-5,9-11H,1H3/t9-,10+,11+/m1/s1. The van der Waals surface area contributed by atoms with Crippen LogP contribution in [0.2, 0.25) is 5.02 Å². The van der Waals surface area contributed by atoms with Gasteiger partial charge in [-0.3, -0.25) is 0 Å². The molecule has 0 saturated heterocycles. The van der Waals surface area contributed by atoms with Crippen molar-refractivity contribution in [1.82, 2.24) is 0 Å². The van der Waals surface area contributed by atoms with Gasteiger partial charge in [-0.05, 0) is 17.7 Å². The summed E-state index contributed by atoms with van der Waals surface area (Å²) in [5, 5.41) is 8.88. The second-order valence-electron chi connectivity index (χ2n) is 4.03. The van der Waals surface area contributed by atoms with Gasteiger partial charge in [-0.1, -0.05) is 23.7 Å². The first-order valence-electron chi connectivity index (χ1n) is 4.79. The molecule has 0 bridgehead atoms. The highest BCUT2D eigenvalue weighted by Gasteiger charge is 2.57. The second kappa shape index (κ2) is 3.76. The topological polar surface area (TPSA) is 57.9 Å². The summed E-state index contributed by atoms with van der Waals surface area (Å²) in [6, 6.07) is 9.07. The van der Waals surface area contributed by atoms with Gasteiger partial charge in [-0.2, -0.15) is 5.26 Å². The lowest BCUT2D eigenvalue weighted by Gasteiger charge is -1.99. The van der Waals surface area contributed by atoms with Crippen molar-refractivity contribution < 1.29 is 8.42 Å². The highest BCUT2D eigenvalue weighted by atomic mass is 35.5. The zero-order valence-electron chi connectivity index (χ0n) is 8.59. The molecule has 1 aliphatic carbocycles. The quantitative estimate of drug-likeness (QED) is 0.812. The lowest BCUT2D eigenvalue weighted by atomic mass is 10.1. The number of nitriles is 1. The molecule has 0 amide bonds. The molecule has 1 aliphatic rings. The summed E-state index contributed by atoms with van der Waals surface area (Å²) in [4.78, 5) is 0. The number of nitrogens with zero attached hydrogens (tertiary/aromatic N) is 1. The van der Waals surface area contributed by atoms with Crippen LogP contribution in [0.25, 0.3) is 0 Å². The second-order valence-corrected chi connectivity index (χ2v) is 6.67. The van der Waals surface area contributed by atoms with E-state index in [1.165, 1.54) is 6.26 Å². The lowest BCUT2D eigenvalue weighted by Crippen LogP contribution is -2.06. The molecule has 0 radical (unpaired) electrons. The summed E-state index contributed by atoms with van der Waals surface area (Å²) in [5.74, 6) is -0.660. The summed E-state index contributed by atoms with van der Waals surface area (Å²) in [6.45, 7) is 0. The van der Waals surface area contributed by atoms with Gasteiger partial charge in [-0.15, -0.1) is 0 Å². The largest absolute Gasteiger partial charge is 0.229 e. The highest BCUT2D eigenvalue weighted by molar-refractivity contribution is 7.91. The van der Waals surface area contributed by atoms with Crippen LogP contribution in [0.1, 0.15) is 11.5 Å². The van der Waals surface area contributed by atoms with E-state index in [9.17, 15) is 8.42 Å². The van der Waals surface area contributed by atoms with E-state index in [2.05, 4.69) is 0 Å². The number of hydrogen-bond acceptors (Lipinski definition) is 3. The summed E-state index contributed by atoms with van der Waals surface area (Å²) >= 11 is 5.84. The van der Waals surface area contributed by atoms with Gasteiger partial charge >= 0.3 is 0 Å². The van der Waals surface area contributed by atoms with Crippen molar-refractivity contribution in [3.05, 3.63) is 34.9 Å². The van der Waals surface area contributed by atoms with Crippen LogP contribution >= 0.6 is 11.6 Å². The molecule has 3 atom stereocenters. The van der Waals surface area contributed by atoms with E-state index in [4.69, 9.17) is 16.9 Å². The van der Waals surface area contributed by atoms with Crippen LogP contribution < -0.4 is 0 Å². The Balaban J connectivity index is 2.35. The summed E-state index contributed by atoms with van der Waals surface area (Å²) in [6.07, 6.45) is 1.17. The third kappa shape index (κ3) is 1.93. The Labute approximate surface area is 99.6 Å². The number of benzene rings is 1. The van der Waals surface area contributed by atoms with Gasteiger partial charge in [0, 0.05) is 17.2 Å². The first kappa shape index (κ1) is 11.4. The van der Waals surface area contributed by atoms with Gasteiger partial charge in [-0.25, -0.2) is 8.42 Å². The lowest BCUT2D eigenvalue weighted by molar-refractivity contribution is 0.599. The van der Waals surface area contributed by atoms with E-state index in [0.29, 0.717) is 5.02 Å². The van der Waals surface area contributed by atoms with Crippen molar-refractivity contribution in [3.8, 4) is 6.07 Å². The van der Waals surface area contributed by atoms with E-state index >= 15 is 0 Å². The summed E-state index contributed by atoms with van der Waals surface area (Å²) in [7, 11) is -3.17. The van der Waals surface area contributed by atoms with Crippen molar-refractivity contribution in [2.75, 3.05) is 6.26 Å². The molecule has 0 unspecified atom stereocenters.